The molecule has 3 atom stereocenters. The summed E-state index contributed by atoms with van der Waals surface area (Å²) in [7, 11) is 0. The van der Waals surface area contributed by atoms with Crippen LogP contribution in [0.2, 0.25) is 0 Å². The first-order valence-corrected chi connectivity index (χ1v) is 18.0. The fraction of sp³-hybridized carbons (Fsp3) is 0.417. The number of thioether (sulfide) groups is 3. The van der Waals surface area contributed by atoms with Crippen molar-refractivity contribution in [3.63, 3.8) is 0 Å². The molecule has 0 bridgehead atoms. The number of hydrogen-bond acceptors (Lipinski definition) is 6. The minimum absolute atomic E-state index is 0.123. The highest BCUT2D eigenvalue weighted by Gasteiger charge is 2.41. The van der Waals surface area contributed by atoms with Gasteiger partial charge in [-0.15, -0.1) is 35.3 Å². The van der Waals surface area contributed by atoms with E-state index in [4.69, 9.17) is 0 Å². The van der Waals surface area contributed by atoms with Gasteiger partial charge in [0.15, 0.2) is 0 Å². The zero-order valence-electron chi connectivity index (χ0n) is 27.0. The number of nitrogens with one attached hydrogen (secondary N) is 3. The van der Waals surface area contributed by atoms with Gasteiger partial charge in [0.25, 0.3) is 0 Å². The molecule has 3 aromatic rings. The summed E-state index contributed by atoms with van der Waals surface area (Å²) in [6.45, 7) is 11.9. The predicted molar refractivity (Wildman–Crippen MR) is 189 cm³/mol. The first-order valence-electron chi connectivity index (χ1n) is 15.3. The van der Waals surface area contributed by atoms with Gasteiger partial charge in [0.05, 0.1) is 0 Å². The summed E-state index contributed by atoms with van der Waals surface area (Å²) in [4.78, 5) is 44.5. The van der Waals surface area contributed by atoms with E-state index in [1.807, 2.05) is 133 Å². The SMILES string of the molecule is CC1(C)NC(=O)CC(Sc2ccccc2)C(C)(C)NC(=O)CC(Sc2ccccc2)C(C)(C)NC(=O)CC1Sc1ccccc1. The predicted octanol–water partition coefficient (Wildman–Crippen LogP) is 7.34. The molecule has 1 fully saturated rings. The average Bonchev–Trinajstić information content (AvgIpc) is 2.96. The van der Waals surface area contributed by atoms with Crippen LogP contribution in [-0.4, -0.2) is 50.1 Å². The molecular weight excluding hydrogens is 619 g/mol. The summed E-state index contributed by atoms with van der Waals surface area (Å²) in [5, 5.41) is 9.07. The number of rotatable bonds is 6. The van der Waals surface area contributed by atoms with E-state index in [-0.39, 0.29) is 52.7 Å². The van der Waals surface area contributed by atoms with Gasteiger partial charge in [0.2, 0.25) is 17.7 Å². The lowest BCUT2D eigenvalue weighted by Crippen LogP contribution is -2.55. The van der Waals surface area contributed by atoms with Gasteiger partial charge in [-0.3, -0.25) is 14.4 Å². The molecule has 4 rings (SSSR count). The summed E-state index contributed by atoms with van der Waals surface area (Å²) in [6.07, 6.45) is 0.580. The molecular formula is C36H45N3O3S3. The highest BCUT2D eigenvalue weighted by molar-refractivity contribution is 8.00. The molecule has 6 nitrogen and oxygen atoms in total. The van der Waals surface area contributed by atoms with Crippen LogP contribution in [-0.2, 0) is 14.4 Å². The van der Waals surface area contributed by atoms with Crippen molar-refractivity contribution in [3.8, 4) is 0 Å². The molecule has 0 spiro atoms. The zero-order valence-corrected chi connectivity index (χ0v) is 29.4. The summed E-state index contributed by atoms with van der Waals surface area (Å²) >= 11 is 4.79. The van der Waals surface area contributed by atoms with Crippen LogP contribution in [0.3, 0.4) is 0 Å². The second-order valence-electron chi connectivity index (χ2n) is 13.2. The standard InChI is InChI=1S/C36H45N3O3S3/c1-34(2)28(43-25-16-10-7-11-17-25)22-32(41)38-36(5,6)30(45-27-20-14-9-15-21-27)24-33(42)39-35(3,4)29(23-31(40)37-34)44-26-18-12-8-13-19-26/h7-21,28-30H,22-24H2,1-6H3,(H,37,40)(H,38,41)(H,39,42). The summed E-state index contributed by atoms with van der Waals surface area (Å²) < 4.78 is 0. The Kier molecular flexibility index (Phi) is 11.8. The second-order valence-corrected chi connectivity index (χ2v) is 17.0. The van der Waals surface area contributed by atoms with Gasteiger partial charge in [0.1, 0.15) is 0 Å². The molecule has 1 heterocycles. The Hall–Kier alpha value is -2.88. The van der Waals surface area contributed by atoms with Crippen molar-refractivity contribution >= 4 is 53.0 Å². The van der Waals surface area contributed by atoms with Gasteiger partial charge in [0, 0.05) is 66.3 Å². The molecule has 0 saturated carbocycles. The van der Waals surface area contributed by atoms with Crippen molar-refractivity contribution in [3.05, 3.63) is 91.0 Å². The van der Waals surface area contributed by atoms with Crippen molar-refractivity contribution in [1.29, 1.82) is 0 Å². The van der Waals surface area contributed by atoms with Gasteiger partial charge in [-0.05, 0) is 77.9 Å². The van der Waals surface area contributed by atoms with E-state index in [9.17, 15) is 14.4 Å². The topological polar surface area (TPSA) is 87.3 Å². The van der Waals surface area contributed by atoms with Crippen molar-refractivity contribution in [1.82, 2.24) is 16.0 Å². The van der Waals surface area contributed by atoms with Crippen LogP contribution in [0.1, 0.15) is 60.8 Å². The zero-order chi connectivity index (χ0) is 32.7. The lowest BCUT2D eigenvalue weighted by molar-refractivity contribution is -0.125. The molecule has 0 aromatic heterocycles. The maximum atomic E-state index is 13.8. The third kappa shape index (κ3) is 10.3. The molecule has 3 N–H and O–H groups in total. The lowest BCUT2D eigenvalue weighted by Gasteiger charge is -2.37. The van der Waals surface area contributed by atoms with Crippen LogP contribution >= 0.6 is 35.3 Å². The normalized spacial score (nSPS) is 23.9. The highest BCUT2D eigenvalue weighted by atomic mass is 32.2. The third-order valence-electron chi connectivity index (χ3n) is 7.98. The molecule has 3 aromatic carbocycles. The summed E-state index contributed by atoms with van der Waals surface area (Å²) in [5.41, 5.74) is -2.15. The first kappa shape index (κ1) is 35.0. The van der Waals surface area contributed by atoms with Gasteiger partial charge in [-0.25, -0.2) is 0 Å². The number of carbonyl (C=O) groups is 3. The molecule has 1 aliphatic rings. The fourth-order valence-corrected chi connectivity index (χ4v) is 8.99. The van der Waals surface area contributed by atoms with E-state index in [0.29, 0.717) is 0 Å². The highest BCUT2D eigenvalue weighted by Crippen LogP contribution is 2.37. The van der Waals surface area contributed by atoms with E-state index in [1.165, 1.54) is 0 Å². The van der Waals surface area contributed by atoms with Gasteiger partial charge in [-0.2, -0.15) is 0 Å². The second kappa shape index (κ2) is 15.1. The quantitative estimate of drug-likeness (QED) is 0.256. The minimum Gasteiger partial charge on any atom is -0.350 e. The summed E-state index contributed by atoms with van der Waals surface area (Å²) in [5.74, 6) is -0.368. The van der Waals surface area contributed by atoms with Crippen LogP contribution in [0.15, 0.2) is 106 Å². The Morgan fingerprint density at radius 2 is 0.667 bits per heavy atom. The van der Waals surface area contributed by atoms with Crippen molar-refractivity contribution in [2.24, 2.45) is 0 Å². The van der Waals surface area contributed by atoms with E-state index >= 15 is 0 Å². The maximum Gasteiger partial charge on any atom is 0.221 e. The van der Waals surface area contributed by atoms with Crippen LogP contribution in [0.5, 0.6) is 0 Å². The largest absolute Gasteiger partial charge is 0.350 e. The molecule has 45 heavy (non-hydrogen) atoms. The number of hydrogen-bond donors (Lipinski definition) is 3. The first-order chi connectivity index (χ1) is 21.2. The van der Waals surface area contributed by atoms with E-state index < -0.39 is 16.6 Å². The van der Waals surface area contributed by atoms with Crippen LogP contribution < -0.4 is 16.0 Å². The van der Waals surface area contributed by atoms with Gasteiger partial charge < -0.3 is 16.0 Å². The van der Waals surface area contributed by atoms with Gasteiger partial charge in [-0.1, -0.05) is 54.6 Å². The number of amides is 3. The Bertz CT molecular complexity index is 1260. The molecule has 3 amide bonds. The molecule has 9 heteroatoms. The average molecular weight is 664 g/mol. The smallest absolute Gasteiger partial charge is 0.221 e. The minimum atomic E-state index is -0.715. The van der Waals surface area contributed by atoms with Crippen LogP contribution in [0.25, 0.3) is 0 Å². The van der Waals surface area contributed by atoms with E-state index in [1.54, 1.807) is 35.3 Å². The molecule has 1 aliphatic heterocycles. The third-order valence-corrected chi connectivity index (χ3v) is 12.7. The molecule has 1 saturated heterocycles. The Balaban J connectivity index is 1.72. The van der Waals surface area contributed by atoms with E-state index in [0.717, 1.165) is 14.7 Å². The van der Waals surface area contributed by atoms with Gasteiger partial charge >= 0.3 is 0 Å². The molecule has 3 unspecified atom stereocenters. The molecule has 0 aliphatic carbocycles. The Morgan fingerprint density at radius 1 is 0.444 bits per heavy atom. The number of benzene rings is 3. The molecule has 0 radical (unpaired) electrons. The summed E-state index contributed by atoms with van der Waals surface area (Å²) in [6, 6.07) is 29.9. The maximum absolute atomic E-state index is 13.8. The monoisotopic (exact) mass is 663 g/mol. The molecule has 240 valence electrons. The number of carbonyl (C=O) groups excluding carboxylic acids is 3. The van der Waals surface area contributed by atoms with Crippen molar-refractivity contribution in [2.75, 3.05) is 0 Å². The van der Waals surface area contributed by atoms with E-state index in [2.05, 4.69) is 16.0 Å². The fourth-order valence-electron chi connectivity index (χ4n) is 5.30. The van der Waals surface area contributed by atoms with Crippen molar-refractivity contribution in [2.45, 2.75) is 108 Å². The van der Waals surface area contributed by atoms with Crippen LogP contribution in [0, 0.1) is 0 Å². The Labute approximate surface area is 281 Å². The lowest BCUT2D eigenvalue weighted by atomic mass is 9.94. The van der Waals surface area contributed by atoms with Crippen LogP contribution in [0.4, 0.5) is 0 Å². The Morgan fingerprint density at radius 3 is 0.889 bits per heavy atom. The van der Waals surface area contributed by atoms with Crippen molar-refractivity contribution < 1.29 is 14.4 Å².